The van der Waals surface area contributed by atoms with Crippen molar-refractivity contribution in [3.8, 4) is 0 Å². The number of hydrogen-bond donors (Lipinski definition) is 2. The molecule has 2 heterocycles. The van der Waals surface area contributed by atoms with E-state index in [2.05, 4.69) is 18.8 Å². The summed E-state index contributed by atoms with van der Waals surface area (Å²) >= 11 is 0. The first kappa shape index (κ1) is 18.5. The van der Waals surface area contributed by atoms with Gasteiger partial charge in [0.2, 0.25) is 0 Å². The van der Waals surface area contributed by atoms with Gasteiger partial charge in [-0.2, -0.15) is 0 Å². The summed E-state index contributed by atoms with van der Waals surface area (Å²) in [6, 6.07) is 0. The summed E-state index contributed by atoms with van der Waals surface area (Å²) in [4.78, 5) is 14.2. The average molecular weight is 365 g/mol. The second-order valence-corrected chi connectivity index (χ2v) is 9.33. The molecule has 5 heteroatoms. The van der Waals surface area contributed by atoms with Crippen molar-refractivity contribution in [2.45, 2.75) is 45.1 Å². The number of nitrogens with two attached hydrogens (primary N) is 1. The number of esters is 1. The average Bonchev–Trinajstić information content (AvgIpc) is 2.92. The van der Waals surface area contributed by atoms with Crippen LogP contribution in [0.25, 0.3) is 0 Å². The van der Waals surface area contributed by atoms with Crippen molar-refractivity contribution in [1.82, 2.24) is 0 Å². The van der Waals surface area contributed by atoms with Crippen LogP contribution in [-0.4, -0.2) is 58.0 Å². The number of allylic oxidation sites excluding steroid dienone is 1. The molecule has 2 saturated heterocycles. The van der Waals surface area contributed by atoms with E-state index in [9.17, 15) is 4.79 Å². The minimum absolute atomic E-state index is 0.0582. The molecule has 0 bridgehead atoms. The molecule has 0 radical (unpaired) electrons. The van der Waals surface area contributed by atoms with Gasteiger partial charge in [-0.25, -0.2) is 0 Å². The van der Waals surface area contributed by atoms with E-state index >= 15 is 0 Å². The van der Waals surface area contributed by atoms with Crippen molar-refractivity contribution in [2.24, 2.45) is 23.2 Å². The molecule has 0 spiro atoms. The van der Waals surface area contributed by atoms with Crippen LogP contribution in [0.1, 0.15) is 39.0 Å². The number of carbonyl (C=O) groups is 1. The molecule has 2 aliphatic heterocycles. The number of fused-ring (bicyclic) bond motifs is 2. The van der Waals surface area contributed by atoms with Gasteiger partial charge in [0.15, 0.2) is 0 Å². The van der Waals surface area contributed by atoms with E-state index in [1.54, 1.807) is 4.90 Å². The topological polar surface area (TPSA) is 56.6 Å². The molecule has 0 aromatic heterocycles. The second kappa shape index (κ2) is 7.61. The molecule has 0 aromatic carbocycles. The summed E-state index contributed by atoms with van der Waals surface area (Å²) in [5, 5.41) is 2.35. The fraction of sp³-hybridized carbons (Fsp3) is 0.857. The summed E-state index contributed by atoms with van der Waals surface area (Å²) in [7, 11) is 0. The highest BCUT2D eigenvalue weighted by molar-refractivity contribution is 5.75. The summed E-state index contributed by atoms with van der Waals surface area (Å²) < 4.78 is 11.3. The van der Waals surface area contributed by atoms with E-state index in [4.69, 9.17) is 9.47 Å². The van der Waals surface area contributed by atoms with Crippen LogP contribution in [0, 0.1) is 23.2 Å². The van der Waals surface area contributed by atoms with Gasteiger partial charge in [0.25, 0.3) is 0 Å². The van der Waals surface area contributed by atoms with E-state index in [0.29, 0.717) is 17.3 Å². The molecule has 0 unspecified atom stereocenters. The molecule has 5 atom stereocenters. The Balaban J connectivity index is 1.31. The van der Waals surface area contributed by atoms with Crippen molar-refractivity contribution in [3.05, 3.63) is 12.2 Å². The minimum Gasteiger partial charge on any atom is -0.462 e. The van der Waals surface area contributed by atoms with Crippen LogP contribution in [-0.2, 0) is 14.3 Å². The lowest BCUT2D eigenvalue weighted by Gasteiger charge is -2.49. The molecular weight excluding hydrogens is 328 g/mol. The van der Waals surface area contributed by atoms with Crippen LogP contribution < -0.4 is 10.2 Å². The SMILES string of the molecule is C=C1CCC[C@]2(C)C[C@H]3OC(=O)[C@H](C[NH2+]CC[NH+]4CCOCC4)[C@H]3C[C@@H]12. The third-order valence-corrected chi connectivity index (χ3v) is 7.64. The summed E-state index contributed by atoms with van der Waals surface area (Å²) in [5.74, 6) is 1.14. The van der Waals surface area contributed by atoms with Crippen molar-refractivity contribution < 1.29 is 24.5 Å². The summed E-state index contributed by atoms with van der Waals surface area (Å²) in [6.07, 6.45) is 5.99. The maximum atomic E-state index is 12.5. The Hall–Kier alpha value is -0.910. The van der Waals surface area contributed by atoms with E-state index in [1.807, 2.05) is 0 Å². The Kier molecular flexibility index (Phi) is 5.40. The Labute approximate surface area is 157 Å². The quantitative estimate of drug-likeness (QED) is 0.403. The van der Waals surface area contributed by atoms with Crippen LogP contribution >= 0.6 is 0 Å². The smallest absolute Gasteiger partial charge is 0.315 e. The molecule has 26 heavy (non-hydrogen) atoms. The molecule has 4 rings (SSSR count). The highest BCUT2D eigenvalue weighted by Gasteiger charge is 2.55. The van der Waals surface area contributed by atoms with Crippen LogP contribution in [0.4, 0.5) is 0 Å². The highest BCUT2D eigenvalue weighted by atomic mass is 16.6. The van der Waals surface area contributed by atoms with Crippen LogP contribution in [0.2, 0.25) is 0 Å². The van der Waals surface area contributed by atoms with Gasteiger partial charge in [0.1, 0.15) is 38.2 Å². The third kappa shape index (κ3) is 3.58. The van der Waals surface area contributed by atoms with Gasteiger partial charge in [-0.05, 0) is 43.4 Å². The summed E-state index contributed by atoms with van der Waals surface area (Å²) in [5.41, 5.74) is 1.73. The molecule has 4 aliphatic rings. The number of quaternary nitrogens is 2. The van der Waals surface area contributed by atoms with Gasteiger partial charge in [-0.1, -0.05) is 19.1 Å². The van der Waals surface area contributed by atoms with Crippen LogP contribution in [0.15, 0.2) is 12.2 Å². The zero-order valence-corrected chi connectivity index (χ0v) is 16.3. The number of carbonyl (C=O) groups excluding carboxylic acids is 1. The maximum Gasteiger partial charge on any atom is 0.315 e. The van der Waals surface area contributed by atoms with Gasteiger partial charge in [-0.15, -0.1) is 0 Å². The zero-order chi connectivity index (χ0) is 18.1. The number of ether oxygens (including phenoxy) is 2. The van der Waals surface area contributed by atoms with Crippen LogP contribution in [0.5, 0.6) is 0 Å². The Morgan fingerprint density at radius 1 is 1.35 bits per heavy atom. The van der Waals surface area contributed by atoms with Crippen LogP contribution in [0.3, 0.4) is 0 Å². The molecule has 0 amide bonds. The van der Waals surface area contributed by atoms with E-state index in [1.165, 1.54) is 24.8 Å². The highest BCUT2D eigenvalue weighted by Crippen LogP contribution is 2.56. The predicted molar refractivity (Wildman–Crippen MR) is 98.7 cm³/mol. The first-order valence-corrected chi connectivity index (χ1v) is 10.7. The predicted octanol–water partition coefficient (Wildman–Crippen LogP) is -0.221. The lowest BCUT2D eigenvalue weighted by molar-refractivity contribution is -0.919. The van der Waals surface area contributed by atoms with Gasteiger partial charge in [0, 0.05) is 5.92 Å². The van der Waals surface area contributed by atoms with Gasteiger partial charge < -0.3 is 19.7 Å². The standard InChI is InChI=1S/C21H34N2O3/c1-15-4-3-5-21(2)13-19-16(12-18(15)21)17(20(24)26-19)14-22-6-7-23-8-10-25-11-9-23/h16-19,22H,1,3-14H2,2H3/p+2/t16-,17-,18+,19-,21-/m1/s1. The van der Waals surface area contributed by atoms with Gasteiger partial charge in [-0.3, -0.25) is 4.79 Å². The van der Waals surface area contributed by atoms with Gasteiger partial charge in [0.05, 0.1) is 19.8 Å². The Bertz CT molecular complexity index is 545. The molecule has 2 aliphatic carbocycles. The number of hydrogen-bond acceptors (Lipinski definition) is 3. The number of morpholine rings is 1. The second-order valence-electron chi connectivity index (χ2n) is 9.33. The lowest BCUT2D eigenvalue weighted by Crippen LogP contribution is -3.16. The molecule has 3 N–H and O–H groups in total. The Morgan fingerprint density at radius 3 is 2.96 bits per heavy atom. The largest absolute Gasteiger partial charge is 0.462 e. The minimum atomic E-state index is 0.0582. The van der Waals surface area contributed by atoms with E-state index in [0.717, 1.165) is 58.8 Å². The Morgan fingerprint density at radius 2 is 2.15 bits per heavy atom. The first-order valence-electron chi connectivity index (χ1n) is 10.7. The van der Waals surface area contributed by atoms with Crippen molar-refractivity contribution in [2.75, 3.05) is 45.9 Å². The lowest BCUT2D eigenvalue weighted by atomic mass is 9.55. The van der Waals surface area contributed by atoms with Gasteiger partial charge >= 0.3 is 5.97 Å². The number of nitrogens with one attached hydrogen (secondary N) is 1. The normalized spacial score (nSPS) is 40.8. The number of rotatable bonds is 5. The first-order chi connectivity index (χ1) is 12.6. The zero-order valence-electron chi connectivity index (χ0n) is 16.3. The van der Waals surface area contributed by atoms with E-state index in [-0.39, 0.29) is 18.0 Å². The molecule has 146 valence electrons. The fourth-order valence-corrected chi connectivity index (χ4v) is 6.04. The van der Waals surface area contributed by atoms with Crippen molar-refractivity contribution in [1.29, 1.82) is 0 Å². The molecule has 2 saturated carbocycles. The van der Waals surface area contributed by atoms with E-state index < -0.39 is 0 Å². The monoisotopic (exact) mass is 364 g/mol. The fourth-order valence-electron chi connectivity index (χ4n) is 6.04. The molecule has 5 nitrogen and oxygen atoms in total. The summed E-state index contributed by atoms with van der Waals surface area (Å²) in [6.45, 7) is 13.9. The van der Waals surface area contributed by atoms with Crippen molar-refractivity contribution in [3.63, 3.8) is 0 Å². The maximum absolute atomic E-state index is 12.5. The third-order valence-electron chi connectivity index (χ3n) is 7.64. The molecular formula is C21H36N2O3+2. The van der Waals surface area contributed by atoms with Crippen molar-refractivity contribution >= 4 is 5.97 Å². The molecule has 0 aromatic rings. The molecule has 4 fully saturated rings.